The van der Waals surface area contributed by atoms with E-state index in [0.717, 1.165) is 30.8 Å². The highest BCUT2D eigenvalue weighted by Crippen LogP contribution is 2.16. The molecule has 1 heterocycles. The van der Waals surface area contributed by atoms with Crippen LogP contribution in [0.5, 0.6) is 0 Å². The highest BCUT2D eigenvalue weighted by molar-refractivity contribution is 9.10. The minimum absolute atomic E-state index is 0.834. The lowest BCUT2D eigenvalue weighted by Crippen LogP contribution is -2.32. The molecule has 0 aliphatic carbocycles. The van der Waals surface area contributed by atoms with Crippen LogP contribution in [0, 0.1) is 0 Å². The molecule has 0 bridgehead atoms. The molecule has 0 N–H and O–H groups in total. The molecule has 4 heteroatoms. The number of benzene rings is 1. The lowest BCUT2D eigenvalue weighted by molar-refractivity contribution is -0.546. The van der Waals surface area contributed by atoms with E-state index in [-0.39, 0.29) is 0 Å². The maximum absolute atomic E-state index is 5.38. The zero-order valence-corrected chi connectivity index (χ0v) is 11.7. The van der Waals surface area contributed by atoms with Crippen LogP contribution in [-0.2, 0) is 4.74 Å². The van der Waals surface area contributed by atoms with Crippen molar-refractivity contribution in [3.63, 3.8) is 0 Å². The van der Waals surface area contributed by atoms with Crippen LogP contribution in [0.1, 0.15) is 5.56 Å². The summed E-state index contributed by atoms with van der Waals surface area (Å²) in [7, 11) is 0. The summed E-state index contributed by atoms with van der Waals surface area (Å²) in [4.78, 5) is 0. The van der Waals surface area contributed by atoms with E-state index in [1.165, 1.54) is 10.6 Å². The highest BCUT2D eigenvalue weighted by atomic mass is 79.9. The fraction of sp³-hybridized carbons (Fsp3) is 0.417. The summed E-state index contributed by atoms with van der Waals surface area (Å²) in [5.74, 6) is 0. The van der Waals surface area contributed by atoms with E-state index < -0.39 is 0 Å². The van der Waals surface area contributed by atoms with Gasteiger partial charge in [-0.3, -0.25) is 0 Å². The fourth-order valence-electron chi connectivity index (χ4n) is 1.79. The Morgan fingerprint density at radius 3 is 2.44 bits per heavy atom. The first-order valence-corrected chi connectivity index (χ1v) is 7.32. The Bertz CT molecular complexity index is 381. The van der Waals surface area contributed by atoms with Crippen molar-refractivity contribution in [2.45, 2.75) is 0 Å². The normalized spacial score (nSPS) is 16.2. The molecule has 2 nitrogen and oxygen atoms in total. The number of hydrogen-bond donors (Lipinski definition) is 0. The number of halogens is 1. The smallest absolute Gasteiger partial charge is 0.241 e. The van der Waals surface area contributed by atoms with Crippen LogP contribution >= 0.6 is 27.7 Å². The number of ether oxygens (including phenoxy) is 1. The van der Waals surface area contributed by atoms with Crippen molar-refractivity contribution >= 4 is 32.7 Å². The molecule has 1 aliphatic rings. The van der Waals surface area contributed by atoms with Gasteiger partial charge in [-0.2, -0.15) is 0 Å². The topological polar surface area (TPSA) is 12.2 Å². The summed E-state index contributed by atoms with van der Waals surface area (Å²) >= 11 is 5.27. The number of hydrogen-bond acceptors (Lipinski definition) is 2. The van der Waals surface area contributed by atoms with Gasteiger partial charge in [-0.1, -0.05) is 27.7 Å². The number of morpholine rings is 1. The molecule has 0 unspecified atom stereocenters. The van der Waals surface area contributed by atoms with Crippen molar-refractivity contribution < 1.29 is 9.31 Å². The molecule has 16 heavy (non-hydrogen) atoms. The van der Waals surface area contributed by atoms with E-state index >= 15 is 0 Å². The van der Waals surface area contributed by atoms with E-state index in [0.29, 0.717) is 0 Å². The van der Waals surface area contributed by atoms with E-state index in [1.807, 2.05) is 11.8 Å². The van der Waals surface area contributed by atoms with Crippen molar-refractivity contribution in [1.29, 1.82) is 0 Å². The minimum atomic E-state index is 0.834. The average Bonchev–Trinajstić information content (AvgIpc) is 2.34. The van der Waals surface area contributed by atoms with Crippen LogP contribution in [0.2, 0.25) is 0 Å². The second-order valence-electron chi connectivity index (χ2n) is 3.62. The molecule has 0 spiro atoms. The Kier molecular flexibility index (Phi) is 4.44. The third kappa shape index (κ3) is 2.87. The predicted octanol–water partition coefficient (Wildman–Crippen LogP) is 2.60. The average molecular weight is 301 g/mol. The van der Waals surface area contributed by atoms with Crippen molar-refractivity contribution in [3.05, 3.63) is 34.3 Å². The molecule has 0 atom stereocenters. The van der Waals surface area contributed by atoms with E-state index in [9.17, 15) is 0 Å². The molecule has 0 saturated carbocycles. The van der Waals surface area contributed by atoms with Gasteiger partial charge in [0.25, 0.3) is 0 Å². The molecular formula is C12H15BrNOS+. The van der Waals surface area contributed by atoms with Gasteiger partial charge >= 0.3 is 0 Å². The van der Waals surface area contributed by atoms with Gasteiger partial charge in [0.05, 0.1) is 5.56 Å². The quantitative estimate of drug-likeness (QED) is 0.584. The van der Waals surface area contributed by atoms with Gasteiger partial charge in [0.15, 0.2) is 13.1 Å². The van der Waals surface area contributed by atoms with Gasteiger partial charge in [0, 0.05) is 4.47 Å². The van der Waals surface area contributed by atoms with Gasteiger partial charge in [-0.05, 0) is 30.5 Å². The monoisotopic (exact) mass is 300 g/mol. The Balaban J connectivity index is 2.30. The summed E-state index contributed by atoms with van der Waals surface area (Å²) in [6, 6.07) is 8.49. The highest BCUT2D eigenvalue weighted by Gasteiger charge is 2.19. The van der Waals surface area contributed by atoms with Gasteiger partial charge in [-0.25, -0.2) is 4.58 Å². The largest absolute Gasteiger partial charge is 0.368 e. The molecule has 0 aromatic heterocycles. The molecule has 1 saturated heterocycles. The Morgan fingerprint density at radius 1 is 1.25 bits per heavy atom. The Hall–Kier alpha value is -0.320. The summed E-state index contributed by atoms with van der Waals surface area (Å²) < 4.78 is 8.90. The molecule has 0 amide bonds. The zero-order chi connectivity index (χ0) is 11.4. The molecule has 1 fully saturated rings. The molecule has 0 radical (unpaired) electrons. The lowest BCUT2D eigenvalue weighted by Gasteiger charge is -2.14. The number of thioether (sulfide) groups is 1. The second-order valence-corrected chi connectivity index (χ2v) is 5.33. The van der Waals surface area contributed by atoms with Crippen molar-refractivity contribution in [2.24, 2.45) is 0 Å². The predicted molar refractivity (Wildman–Crippen MR) is 72.6 cm³/mol. The summed E-state index contributed by atoms with van der Waals surface area (Å²) in [6.45, 7) is 3.65. The molecular weight excluding hydrogens is 286 g/mol. The summed E-state index contributed by atoms with van der Waals surface area (Å²) in [5, 5.41) is 1.34. The maximum Gasteiger partial charge on any atom is 0.241 e. The third-order valence-electron chi connectivity index (χ3n) is 2.58. The molecule has 1 aromatic carbocycles. The van der Waals surface area contributed by atoms with E-state index in [1.54, 1.807) is 0 Å². The Morgan fingerprint density at radius 2 is 1.88 bits per heavy atom. The van der Waals surface area contributed by atoms with Crippen molar-refractivity contribution in [3.8, 4) is 0 Å². The van der Waals surface area contributed by atoms with E-state index in [2.05, 4.69) is 51.0 Å². The number of nitrogens with zero attached hydrogens (tertiary/aromatic N) is 1. The molecule has 2 rings (SSSR count). The summed E-state index contributed by atoms with van der Waals surface area (Å²) in [6.07, 6.45) is 2.13. The Labute approximate surface area is 109 Å². The van der Waals surface area contributed by atoms with Gasteiger partial charge in [0.1, 0.15) is 13.2 Å². The summed E-state index contributed by atoms with van der Waals surface area (Å²) in [5.41, 5.74) is 1.29. The SMILES string of the molecule is CSC(c1ccc(Br)cc1)=[N+]1CCOCC1. The lowest BCUT2D eigenvalue weighted by atomic mass is 10.2. The first-order chi connectivity index (χ1) is 7.81. The molecule has 1 aliphatic heterocycles. The van der Waals surface area contributed by atoms with Crippen LogP contribution in [0.25, 0.3) is 0 Å². The van der Waals surface area contributed by atoms with Crippen LogP contribution in [0.3, 0.4) is 0 Å². The molecule has 1 aromatic rings. The number of rotatable bonds is 1. The van der Waals surface area contributed by atoms with Crippen LogP contribution < -0.4 is 0 Å². The van der Waals surface area contributed by atoms with Crippen molar-refractivity contribution in [1.82, 2.24) is 0 Å². The fourth-order valence-corrected chi connectivity index (χ4v) is 2.87. The van der Waals surface area contributed by atoms with Crippen molar-refractivity contribution in [2.75, 3.05) is 32.6 Å². The second kappa shape index (κ2) is 5.84. The van der Waals surface area contributed by atoms with Crippen LogP contribution in [0.15, 0.2) is 28.7 Å². The van der Waals surface area contributed by atoms with Gasteiger partial charge in [-0.15, -0.1) is 0 Å². The molecule has 86 valence electrons. The van der Waals surface area contributed by atoms with E-state index in [4.69, 9.17) is 4.74 Å². The zero-order valence-electron chi connectivity index (χ0n) is 9.28. The third-order valence-corrected chi connectivity index (χ3v) is 3.99. The van der Waals surface area contributed by atoms with Gasteiger partial charge < -0.3 is 4.74 Å². The van der Waals surface area contributed by atoms with Crippen LogP contribution in [-0.4, -0.2) is 42.2 Å². The minimum Gasteiger partial charge on any atom is -0.368 e. The first kappa shape index (κ1) is 12.1. The van der Waals surface area contributed by atoms with Gasteiger partial charge in [0.2, 0.25) is 5.04 Å². The first-order valence-electron chi connectivity index (χ1n) is 5.31. The standard InChI is InChI=1S/C12H15BrNOS/c1-16-12(14-6-8-15-9-7-14)10-2-4-11(13)5-3-10/h2-5H,6-9H2,1H3/q+1. The maximum atomic E-state index is 5.38. The van der Waals surface area contributed by atoms with Crippen LogP contribution in [0.4, 0.5) is 0 Å².